The van der Waals surface area contributed by atoms with Gasteiger partial charge in [-0.2, -0.15) is 0 Å². The zero-order valence-electron chi connectivity index (χ0n) is 14.0. The second-order valence-electron chi connectivity index (χ2n) is 6.09. The van der Waals surface area contributed by atoms with Crippen molar-refractivity contribution >= 4 is 23.2 Å². The third-order valence-electron chi connectivity index (χ3n) is 4.28. The molecule has 0 radical (unpaired) electrons. The van der Waals surface area contributed by atoms with E-state index in [0.29, 0.717) is 18.9 Å². The molecule has 1 fully saturated rings. The Morgan fingerprint density at radius 3 is 2.71 bits per heavy atom. The van der Waals surface area contributed by atoms with Crippen LogP contribution in [0.1, 0.15) is 23.1 Å². The second kappa shape index (κ2) is 6.74. The summed E-state index contributed by atoms with van der Waals surface area (Å²) in [6.07, 6.45) is 0.634. The van der Waals surface area contributed by atoms with Crippen molar-refractivity contribution < 1.29 is 4.79 Å². The third-order valence-corrected chi connectivity index (χ3v) is 4.28. The molecule has 2 aromatic rings. The molecule has 1 heterocycles. The molecule has 5 nitrogen and oxygen atoms in total. The smallest absolute Gasteiger partial charge is 0.228 e. The van der Waals surface area contributed by atoms with E-state index >= 15 is 0 Å². The monoisotopic (exact) mass is 322 g/mol. The first-order chi connectivity index (χ1) is 11.5. The molecule has 3 N–H and O–H groups in total. The Hall–Kier alpha value is -2.82. The van der Waals surface area contributed by atoms with Crippen LogP contribution < -0.4 is 16.0 Å². The molecule has 24 heavy (non-hydrogen) atoms. The SMILES string of the molecule is Cc1ccc(NC(N)=NCc2cccc(N3CCC3=O)c2)cc1C. The van der Waals surface area contributed by atoms with Gasteiger partial charge in [-0.1, -0.05) is 18.2 Å². The molecule has 0 aliphatic carbocycles. The summed E-state index contributed by atoms with van der Waals surface area (Å²) in [7, 11) is 0. The number of guanidine groups is 1. The normalized spacial score (nSPS) is 14.5. The minimum Gasteiger partial charge on any atom is -0.370 e. The Morgan fingerprint density at radius 1 is 1.21 bits per heavy atom. The van der Waals surface area contributed by atoms with Crippen LogP contribution in [0.3, 0.4) is 0 Å². The standard InChI is InChI=1S/C19H22N4O/c1-13-6-7-16(10-14(13)2)22-19(20)21-12-15-4-3-5-17(11-15)23-9-8-18(23)24/h3-7,10-11H,8-9,12H2,1-2H3,(H3,20,21,22). The lowest BCUT2D eigenvalue weighted by atomic mass is 10.1. The number of rotatable bonds is 4. The number of nitrogens with two attached hydrogens (primary N) is 1. The fourth-order valence-electron chi connectivity index (χ4n) is 2.59. The maximum Gasteiger partial charge on any atom is 0.228 e. The van der Waals surface area contributed by atoms with Crippen LogP contribution >= 0.6 is 0 Å². The number of carbonyl (C=O) groups excluding carboxylic acids is 1. The molecule has 124 valence electrons. The summed E-state index contributed by atoms with van der Waals surface area (Å²) in [5, 5.41) is 3.11. The van der Waals surface area contributed by atoms with Crippen molar-refractivity contribution in [2.24, 2.45) is 10.7 Å². The lowest BCUT2D eigenvalue weighted by molar-refractivity contribution is -0.122. The van der Waals surface area contributed by atoms with Crippen LogP contribution in [0.25, 0.3) is 0 Å². The predicted octanol–water partition coefficient (Wildman–Crippen LogP) is 2.97. The first-order valence-electron chi connectivity index (χ1n) is 8.06. The van der Waals surface area contributed by atoms with E-state index < -0.39 is 0 Å². The quantitative estimate of drug-likeness (QED) is 0.516. The average molecular weight is 322 g/mol. The Morgan fingerprint density at radius 2 is 2.04 bits per heavy atom. The van der Waals surface area contributed by atoms with Crippen LogP contribution in [0.4, 0.5) is 11.4 Å². The number of carbonyl (C=O) groups is 1. The number of aryl methyl sites for hydroxylation is 2. The van der Waals surface area contributed by atoms with Gasteiger partial charge in [0, 0.05) is 24.3 Å². The topological polar surface area (TPSA) is 70.7 Å². The van der Waals surface area contributed by atoms with Crippen LogP contribution in [0, 0.1) is 13.8 Å². The van der Waals surface area contributed by atoms with Crippen molar-refractivity contribution in [2.45, 2.75) is 26.8 Å². The number of aliphatic imine (C=N–C) groups is 1. The van der Waals surface area contributed by atoms with E-state index in [9.17, 15) is 4.79 Å². The Balaban J connectivity index is 1.65. The van der Waals surface area contributed by atoms with Gasteiger partial charge in [-0.05, 0) is 54.8 Å². The summed E-state index contributed by atoms with van der Waals surface area (Å²) in [4.78, 5) is 17.7. The van der Waals surface area contributed by atoms with Crippen LogP contribution in [-0.4, -0.2) is 18.4 Å². The van der Waals surface area contributed by atoms with Gasteiger partial charge in [-0.3, -0.25) is 4.79 Å². The van der Waals surface area contributed by atoms with Crippen LogP contribution in [0.2, 0.25) is 0 Å². The fourth-order valence-corrected chi connectivity index (χ4v) is 2.59. The highest BCUT2D eigenvalue weighted by Gasteiger charge is 2.24. The third kappa shape index (κ3) is 3.56. The summed E-state index contributed by atoms with van der Waals surface area (Å²) in [5.41, 5.74) is 11.3. The number of amides is 1. The molecule has 0 atom stereocenters. The number of benzene rings is 2. The molecule has 3 rings (SSSR count). The van der Waals surface area contributed by atoms with E-state index in [0.717, 1.165) is 23.5 Å². The lowest BCUT2D eigenvalue weighted by Gasteiger charge is -2.30. The summed E-state index contributed by atoms with van der Waals surface area (Å²) in [5.74, 6) is 0.551. The number of β-lactam (4-membered cyclic amide) rings is 1. The zero-order chi connectivity index (χ0) is 17.1. The van der Waals surface area contributed by atoms with Gasteiger partial charge >= 0.3 is 0 Å². The minimum absolute atomic E-state index is 0.173. The molecule has 1 saturated heterocycles. The predicted molar refractivity (Wildman–Crippen MR) is 98.3 cm³/mol. The molecule has 0 spiro atoms. The summed E-state index contributed by atoms with van der Waals surface area (Å²) in [6, 6.07) is 14.0. The summed E-state index contributed by atoms with van der Waals surface area (Å²) < 4.78 is 0. The Kier molecular flexibility index (Phi) is 4.51. The summed E-state index contributed by atoms with van der Waals surface area (Å²) in [6.45, 7) is 5.41. The molecule has 5 heteroatoms. The Bertz CT molecular complexity index is 798. The minimum atomic E-state index is 0.173. The number of nitrogens with zero attached hydrogens (tertiary/aromatic N) is 2. The first kappa shape index (κ1) is 16.1. The largest absolute Gasteiger partial charge is 0.370 e. The van der Waals surface area contributed by atoms with Crippen LogP contribution in [0.15, 0.2) is 47.5 Å². The molecular weight excluding hydrogens is 300 g/mol. The maximum absolute atomic E-state index is 11.5. The highest BCUT2D eigenvalue weighted by atomic mass is 16.2. The van der Waals surface area contributed by atoms with Crippen molar-refractivity contribution in [1.82, 2.24) is 0 Å². The van der Waals surface area contributed by atoms with Gasteiger partial charge in [0.2, 0.25) is 5.91 Å². The molecule has 0 bridgehead atoms. The van der Waals surface area contributed by atoms with Gasteiger partial charge in [0.15, 0.2) is 5.96 Å². The highest BCUT2D eigenvalue weighted by molar-refractivity contribution is 5.99. The van der Waals surface area contributed by atoms with E-state index in [1.807, 2.05) is 36.4 Å². The van der Waals surface area contributed by atoms with Gasteiger partial charge < -0.3 is 16.0 Å². The van der Waals surface area contributed by atoms with Gasteiger partial charge in [0.05, 0.1) is 6.54 Å². The van der Waals surface area contributed by atoms with E-state index in [4.69, 9.17) is 5.73 Å². The molecule has 0 aromatic heterocycles. The number of hydrogen-bond donors (Lipinski definition) is 2. The van der Waals surface area contributed by atoms with Crippen molar-refractivity contribution in [1.29, 1.82) is 0 Å². The average Bonchev–Trinajstić information content (AvgIpc) is 2.55. The van der Waals surface area contributed by atoms with Crippen molar-refractivity contribution in [3.8, 4) is 0 Å². The van der Waals surface area contributed by atoms with Gasteiger partial charge in [0.1, 0.15) is 0 Å². The molecule has 1 amide bonds. The van der Waals surface area contributed by atoms with Gasteiger partial charge in [0.25, 0.3) is 0 Å². The van der Waals surface area contributed by atoms with Crippen molar-refractivity contribution in [3.63, 3.8) is 0 Å². The van der Waals surface area contributed by atoms with Gasteiger partial charge in [-0.25, -0.2) is 4.99 Å². The molecule has 1 aliphatic heterocycles. The van der Waals surface area contributed by atoms with E-state index in [2.05, 4.69) is 30.2 Å². The highest BCUT2D eigenvalue weighted by Crippen LogP contribution is 2.23. The molecule has 0 saturated carbocycles. The fraction of sp³-hybridized carbons (Fsp3) is 0.263. The summed E-state index contributed by atoms with van der Waals surface area (Å²) >= 11 is 0. The second-order valence-corrected chi connectivity index (χ2v) is 6.09. The number of hydrogen-bond acceptors (Lipinski definition) is 2. The van der Waals surface area contributed by atoms with Gasteiger partial charge in [-0.15, -0.1) is 0 Å². The number of anilines is 2. The van der Waals surface area contributed by atoms with E-state index in [1.165, 1.54) is 11.1 Å². The van der Waals surface area contributed by atoms with E-state index in [1.54, 1.807) is 4.90 Å². The maximum atomic E-state index is 11.5. The van der Waals surface area contributed by atoms with Crippen LogP contribution in [-0.2, 0) is 11.3 Å². The molecule has 0 unspecified atom stereocenters. The Labute approximate surface area is 142 Å². The van der Waals surface area contributed by atoms with E-state index in [-0.39, 0.29) is 5.91 Å². The molecule has 1 aliphatic rings. The first-order valence-corrected chi connectivity index (χ1v) is 8.06. The lowest BCUT2D eigenvalue weighted by Crippen LogP contribution is -2.43. The van der Waals surface area contributed by atoms with Crippen molar-refractivity contribution in [2.75, 3.05) is 16.8 Å². The number of nitrogens with one attached hydrogen (secondary N) is 1. The molecule has 2 aromatic carbocycles. The zero-order valence-corrected chi connectivity index (χ0v) is 14.0. The van der Waals surface area contributed by atoms with Crippen LogP contribution in [0.5, 0.6) is 0 Å². The van der Waals surface area contributed by atoms with Crippen molar-refractivity contribution in [3.05, 3.63) is 59.2 Å². The molecular formula is C19H22N4O.